The second kappa shape index (κ2) is 6.71. The number of nitrogens with two attached hydrogens (primary N) is 2. The molecule has 0 fully saturated rings. The van der Waals surface area contributed by atoms with Gasteiger partial charge in [0.1, 0.15) is 0 Å². The highest BCUT2D eigenvalue weighted by molar-refractivity contribution is 7.89. The van der Waals surface area contributed by atoms with Crippen molar-refractivity contribution in [3.63, 3.8) is 0 Å². The number of amides is 1. The lowest BCUT2D eigenvalue weighted by Gasteiger charge is -2.22. The molecule has 0 saturated carbocycles. The Hall–Kier alpha value is -1.60. The molecule has 112 valence electrons. The Morgan fingerprint density at radius 2 is 1.75 bits per heavy atom. The van der Waals surface area contributed by atoms with Gasteiger partial charge in [-0.3, -0.25) is 4.79 Å². The van der Waals surface area contributed by atoms with E-state index in [2.05, 4.69) is 0 Å². The maximum atomic E-state index is 12.5. The molecule has 20 heavy (non-hydrogen) atoms. The summed E-state index contributed by atoms with van der Waals surface area (Å²) in [5.74, 6) is -0.335. The lowest BCUT2D eigenvalue weighted by atomic mass is 10.1. The molecule has 1 rings (SSSR count). The standard InChI is InChI=1S/C13H21N3O3S/c1-3-7-16(8-4-2)13(17)11-6-5-10(14)9-12(11)20(15,18)19/h5-6,9H,3-4,7-8,14H2,1-2H3,(H2,15,18,19). The third-order valence-corrected chi connectivity index (χ3v) is 3.77. The average Bonchev–Trinajstić information content (AvgIpc) is 2.36. The van der Waals surface area contributed by atoms with Gasteiger partial charge >= 0.3 is 0 Å². The Labute approximate surface area is 119 Å². The van der Waals surface area contributed by atoms with Crippen molar-refractivity contribution in [3.05, 3.63) is 23.8 Å². The maximum Gasteiger partial charge on any atom is 0.255 e. The topological polar surface area (TPSA) is 106 Å². The summed E-state index contributed by atoms with van der Waals surface area (Å²) in [6.45, 7) is 5.06. The van der Waals surface area contributed by atoms with Gasteiger partial charge in [-0.25, -0.2) is 13.6 Å². The number of primary sulfonamides is 1. The molecule has 0 aromatic heterocycles. The minimum absolute atomic E-state index is 0.0728. The Morgan fingerprint density at radius 3 is 2.20 bits per heavy atom. The quantitative estimate of drug-likeness (QED) is 0.769. The molecule has 0 saturated heterocycles. The van der Waals surface area contributed by atoms with Gasteiger partial charge in [0.15, 0.2) is 0 Å². The predicted molar refractivity (Wildman–Crippen MR) is 78.7 cm³/mol. The zero-order valence-electron chi connectivity index (χ0n) is 11.8. The van der Waals surface area contributed by atoms with E-state index in [0.717, 1.165) is 12.8 Å². The van der Waals surface area contributed by atoms with Crippen molar-refractivity contribution in [1.82, 2.24) is 4.90 Å². The second-order valence-corrected chi connectivity index (χ2v) is 6.12. The van der Waals surface area contributed by atoms with Gasteiger partial charge in [0, 0.05) is 18.8 Å². The Kier molecular flexibility index (Phi) is 5.52. The largest absolute Gasteiger partial charge is 0.399 e. The minimum atomic E-state index is -3.99. The smallest absolute Gasteiger partial charge is 0.255 e. The van der Waals surface area contributed by atoms with Gasteiger partial charge in [0.25, 0.3) is 5.91 Å². The predicted octanol–water partition coefficient (Wildman–Crippen LogP) is 1.18. The van der Waals surface area contributed by atoms with E-state index in [1.807, 2.05) is 13.8 Å². The molecule has 0 heterocycles. The maximum absolute atomic E-state index is 12.5. The van der Waals surface area contributed by atoms with E-state index in [9.17, 15) is 13.2 Å². The number of benzene rings is 1. The molecule has 0 spiro atoms. The third-order valence-electron chi connectivity index (χ3n) is 2.82. The molecule has 0 bridgehead atoms. The van der Waals surface area contributed by atoms with Crippen LogP contribution < -0.4 is 10.9 Å². The molecule has 0 aliphatic carbocycles. The average molecular weight is 299 g/mol. The van der Waals surface area contributed by atoms with Gasteiger partial charge in [0.2, 0.25) is 10.0 Å². The van der Waals surface area contributed by atoms with Gasteiger partial charge < -0.3 is 10.6 Å². The summed E-state index contributed by atoms with van der Waals surface area (Å²) in [7, 11) is -3.99. The van der Waals surface area contributed by atoms with Crippen molar-refractivity contribution in [2.75, 3.05) is 18.8 Å². The minimum Gasteiger partial charge on any atom is -0.399 e. The Morgan fingerprint density at radius 1 is 1.20 bits per heavy atom. The van der Waals surface area contributed by atoms with E-state index in [1.54, 1.807) is 4.90 Å². The Balaban J connectivity index is 3.27. The van der Waals surface area contributed by atoms with E-state index in [1.165, 1.54) is 18.2 Å². The molecule has 0 aliphatic rings. The molecule has 1 aromatic rings. The molecule has 4 N–H and O–H groups in total. The molecule has 7 heteroatoms. The fourth-order valence-corrected chi connectivity index (χ4v) is 2.74. The molecular formula is C13H21N3O3S. The van der Waals surface area contributed by atoms with Crippen LogP contribution in [0.15, 0.2) is 23.1 Å². The molecule has 0 atom stereocenters. The molecule has 6 nitrogen and oxygen atoms in total. The van der Waals surface area contributed by atoms with Gasteiger partial charge in [0.05, 0.1) is 10.5 Å². The summed E-state index contributed by atoms with van der Waals surface area (Å²) >= 11 is 0. The fraction of sp³-hybridized carbons (Fsp3) is 0.462. The van der Waals surface area contributed by atoms with Crippen LogP contribution in [0, 0.1) is 0 Å². The number of carbonyl (C=O) groups excluding carboxylic acids is 1. The number of nitrogen functional groups attached to an aromatic ring is 1. The lowest BCUT2D eigenvalue weighted by molar-refractivity contribution is 0.0751. The highest BCUT2D eigenvalue weighted by Crippen LogP contribution is 2.20. The first-order valence-electron chi connectivity index (χ1n) is 6.52. The van der Waals surface area contributed by atoms with E-state index >= 15 is 0 Å². The van der Waals surface area contributed by atoms with Crippen molar-refractivity contribution >= 4 is 21.6 Å². The number of hydrogen-bond acceptors (Lipinski definition) is 4. The number of rotatable bonds is 6. The van der Waals surface area contributed by atoms with Gasteiger partial charge in [-0.15, -0.1) is 0 Å². The number of hydrogen-bond donors (Lipinski definition) is 2. The fourth-order valence-electron chi connectivity index (χ4n) is 1.98. The number of anilines is 1. The van der Waals surface area contributed by atoms with Crippen LogP contribution in [0.2, 0.25) is 0 Å². The van der Waals surface area contributed by atoms with Crippen LogP contribution >= 0.6 is 0 Å². The second-order valence-electron chi connectivity index (χ2n) is 4.59. The van der Waals surface area contributed by atoms with Crippen molar-refractivity contribution in [1.29, 1.82) is 0 Å². The van der Waals surface area contributed by atoms with Crippen molar-refractivity contribution in [2.45, 2.75) is 31.6 Å². The van der Waals surface area contributed by atoms with Crippen molar-refractivity contribution in [3.8, 4) is 0 Å². The van der Waals surface area contributed by atoms with Crippen LogP contribution in [0.4, 0.5) is 5.69 Å². The summed E-state index contributed by atoms with van der Waals surface area (Å²) < 4.78 is 23.2. The van der Waals surface area contributed by atoms with Gasteiger partial charge in [-0.2, -0.15) is 0 Å². The van der Waals surface area contributed by atoms with E-state index < -0.39 is 10.0 Å². The summed E-state index contributed by atoms with van der Waals surface area (Å²) in [6, 6.07) is 4.13. The highest BCUT2D eigenvalue weighted by atomic mass is 32.2. The number of nitrogens with zero attached hydrogens (tertiary/aromatic N) is 1. The van der Waals surface area contributed by atoms with Crippen molar-refractivity contribution in [2.24, 2.45) is 5.14 Å². The van der Waals surface area contributed by atoms with Crippen LogP contribution in [0.1, 0.15) is 37.0 Å². The number of sulfonamides is 1. The normalized spacial score (nSPS) is 11.3. The first-order chi connectivity index (χ1) is 9.31. The van der Waals surface area contributed by atoms with Crippen LogP contribution in [0.5, 0.6) is 0 Å². The van der Waals surface area contributed by atoms with Gasteiger partial charge in [-0.1, -0.05) is 13.8 Å². The molecule has 0 aliphatic heterocycles. The SMILES string of the molecule is CCCN(CCC)C(=O)c1ccc(N)cc1S(N)(=O)=O. The first kappa shape index (κ1) is 16.5. The monoisotopic (exact) mass is 299 g/mol. The number of carbonyl (C=O) groups is 1. The summed E-state index contributed by atoms with van der Waals surface area (Å²) in [5.41, 5.74) is 5.90. The molecule has 0 radical (unpaired) electrons. The summed E-state index contributed by atoms with van der Waals surface area (Å²) in [6.07, 6.45) is 1.59. The van der Waals surface area contributed by atoms with Crippen LogP contribution in [-0.2, 0) is 10.0 Å². The first-order valence-corrected chi connectivity index (χ1v) is 8.07. The zero-order valence-corrected chi connectivity index (χ0v) is 12.6. The molecule has 1 amide bonds. The Bertz CT molecular complexity index is 579. The highest BCUT2D eigenvalue weighted by Gasteiger charge is 2.23. The van der Waals surface area contributed by atoms with E-state index in [0.29, 0.717) is 13.1 Å². The van der Waals surface area contributed by atoms with E-state index in [4.69, 9.17) is 10.9 Å². The van der Waals surface area contributed by atoms with Crippen LogP contribution in [-0.4, -0.2) is 32.3 Å². The van der Waals surface area contributed by atoms with Crippen LogP contribution in [0.3, 0.4) is 0 Å². The summed E-state index contributed by atoms with van der Waals surface area (Å²) in [5, 5.41) is 5.16. The third kappa shape index (κ3) is 3.94. The van der Waals surface area contributed by atoms with Crippen molar-refractivity contribution < 1.29 is 13.2 Å². The lowest BCUT2D eigenvalue weighted by Crippen LogP contribution is -2.34. The zero-order chi connectivity index (χ0) is 15.3. The van der Waals surface area contributed by atoms with Crippen LogP contribution in [0.25, 0.3) is 0 Å². The molecular weight excluding hydrogens is 278 g/mol. The molecule has 0 unspecified atom stereocenters. The molecule has 1 aromatic carbocycles. The van der Waals surface area contributed by atoms with Gasteiger partial charge in [-0.05, 0) is 31.0 Å². The summed E-state index contributed by atoms with van der Waals surface area (Å²) in [4.78, 5) is 13.9. The van der Waals surface area contributed by atoms with E-state index in [-0.39, 0.29) is 22.1 Å².